The lowest BCUT2D eigenvalue weighted by Crippen LogP contribution is -2.32. The molecular weight excluding hydrogens is 284 g/mol. The molecule has 0 spiro atoms. The van der Waals surface area contributed by atoms with Crippen LogP contribution in [-0.2, 0) is 21.4 Å². The number of carbonyl (C=O) groups is 1. The highest BCUT2D eigenvalue weighted by Crippen LogP contribution is 2.18. The highest BCUT2D eigenvalue weighted by atomic mass is 32.2. The summed E-state index contributed by atoms with van der Waals surface area (Å²) in [5.74, 6) is -1.07. The van der Waals surface area contributed by atoms with Crippen molar-refractivity contribution in [1.29, 1.82) is 0 Å². The number of carboxylic acids is 1. The van der Waals surface area contributed by atoms with E-state index in [1.807, 2.05) is 19.0 Å². The third-order valence-corrected chi connectivity index (χ3v) is 4.43. The van der Waals surface area contributed by atoms with E-state index >= 15 is 0 Å². The second-order valence-corrected chi connectivity index (χ2v) is 6.46. The van der Waals surface area contributed by atoms with Crippen molar-refractivity contribution in [3.63, 3.8) is 0 Å². The van der Waals surface area contributed by atoms with Gasteiger partial charge in [0.2, 0.25) is 10.0 Å². The lowest BCUT2D eigenvalue weighted by atomic mass is 10.4. The summed E-state index contributed by atoms with van der Waals surface area (Å²) in [5.41, 5.74) is 0.614. The standard InChI is InChI=1S/C11H20N4O4S/c1-8-11(9(2)15(13-8)7-10(16)17)20(18,19)12-5-6-14(3)4/h12H,5-7H2,1-4H3,(H,16,17). The maximum Gasteiger partial charge on any atom is 0.325 e. The van der Waals surface area contributed by atoms with Gasteiger partial charge in [-0.1, -0.05) is 0 Å². The third-order valence-electron chi connectivity index (χ3n) is 2.72. The Morgan fingerprint density at radius 2 is 2.00 bits per heavy atom. The maximum absolute atomic E-state index is 12.2. The molecule has 9 heteroatoms. The van der Waals surface area contributed by atoms with Gasteiger partial charge in [0.25, 0.3) is 0 Å². The molecule has 0 amide bonds. The van der Waals surface area contributed by atoms with Crippen LogP contribution in [0.25, 0.3) is 0 Å². The first kappa shape index (κ1) is 16.6. The smallest absolute Gasteiger partial charge is 0.325 e. The number of hydrogen-bond donors (Lipinski definition) is 2. The predicted molar refractivity (Wildman–Crippen MR) is 73.1 cm³/mol. The lowest BCUT2D eigenvalue weighted by molar-refractivity contribution is -0.137. The van der Waals surface area contributed by atoms with Gasteiger partial charge < -0.3 is 10.0 Å². The topological polar surface area (TPSA) is 105 Å². The van der Waals surface area contributed by atoms with E-state index in [0.717, 1.165) is 0 Å². The van der Waals surface area contributed by atoms with E-state index in [2.05, 4.69) is 9.82 Å². The predicted octanol–water partition coefficient (Wildman–Crippen LogP) is -0.576. The van der Waals surface area contributed by atoms with Crippen molar-refractivity contribution < 1.29 is 18.3 Å². The number of aromatic nitrogens is 2. The van der Waals surface area contributed by atoms with E-state index in [0.29, 0.717) is 17.9 Å². The Morgan fingerprint density at radius 1 is 1.40 bits per heavy atom. The Bertz CT molecular complexity index is 592. The molecule has 0 saturated carbocycles. The fourth-order valence-corrected chi connectivity index (χ4v) is 3.26. The highest BCUT2D eigenvalue weighted by molar-refractivity contribution is 7.89. The van der Waals surface area contributed by atoms with Crippen LogP contribution in [-0.4, -0.2) is 61.4 Å². The zero-order valence-electron chi connectivity index (χ0n) is 12.0. The van der Waals surface area contributed by atoms with E-state index in [9.17, 15) is 13.2 Å². The number of rotatable bonds is 7. The molecule has 1 heterocycles. The SMILES string of the molecule is Cc1nn(CC(=O)O)c(C)c1S(=O)(=O)NCCN(C)C. The van der Waals surface area contributed by atoms with Crippen molar-refractivity contribution in [3.8, 4) is 0 Å². The Kier molecular flexibility index (Phi) is 5.26. The number of carboxylic acid groups (broad SMARTS) is 1. The van der Waals surface area contributed by atoms with E-state index in [1.165, 1.54) is 4.68 Å². The maximum atomic E-state index is 12.2. The molecule has 0 saturated heterocycles. The number of hydrogen-bond acceptors (Lipinski definition) is 5. The van der Waals surface area contributed by atoms with Crippen molar-refractivity contribution in [2.75, 3.05) is 27.2 Å². The number of aryl methyl sites for hydroxylation is 1. The fraction of sp³-hybridized carbons (Fsp3) is 0.636. The molecule has 0 atom stereocenters. The molecule has 1 rings (SSSR count). The number of nitrogens with zero attached hydrogens (tertiary/aromatic N) is 3. The third kappa shape index (κ3) is 4.02. The average molecular weight is 304 g/mol. The first-order valence-electron chi connectivity index (χ1n) is 6.05. The van der Waals surface area contributed by atoms with Crippen molar-refractivity contribution in [2.24, 2.45) is 0 Å². The molecular formula is C11H20N4O4S. The van der Waals surface area contributed by atoms with Gasteiger partial charge in [-0.2, -0.15) is 5.10 Å². The number of aliphatic carboxylic acids is 1. The molecule has 0 unspecified atom stereocenters. The minimum absolute atomic E-state index is 0.0532. The van der Waals surface area contributed by atoms with Crippen LogP contribution < -0.4 is 4.72 Å². The fourth-order valence-electron chi connectivity index (χ4n) is 1.83. The van der Waals surface area contributed by atoms with Gasteiger partial charge in [-0.05, 0) is 27.9 Å². The number of sulfonamides is 1. The van der Waals surface area contributed by atoms with Crippen LogP contribution >= 0.6 is 0 Å². The zero-order chi connectivity index (χ0) is 15.5. The van der Waals surface area contributed by atoms with Crippen LogP contribution in [0.1, 0.15) is 11.4 Å². The van der Waals surface area contributed by atoms with E-state index in [-0.39, 0.29) is 18.0 Å². The highest BCUT2D eigenvalue weighted by Gasteiger charge is 2.24. The first-order valence-corrected chi connectivity index (χ1v) is 7.53. The van der Waals surface area contributed by atoms with Gasteiger partial charge in [-0.25, -0.2) is 13.1 Å². The molecule has 0 aliphatic rings. The molecule has 20 heavy (non-hydrogen) atoms. The summed E-state index contributed by atoms with van der Waals surface area (Å²) < 4.78 is 28.1. The van der Waals surface area contributed by atoms with Crippen LogP contribution in [0.5, 0.6) is 0 Å². The molecule has 8 nitrogen and oxygen atoms in total. The van der Waals surface area contributed by atoms with Crippen LogP contribution in [0, 0.1) is 13.8 Å². The zero-order valence-corrected chi connectivity index (χ0v) is 12.9. The molecule has 0 aliphatic heterocycles. The molecule has 1 aromatic heterocycles. The van der Waals surface area contributed by atoms with Gasteiger partial charge in [-0.15, -0.1) is 0 Å². The summed E-state index contributed by atoms with van der Waals surface area (Å²) in [6.07, 6.45) is 0. The van der Waals surface area contributed by atoms with Crippen LogP contribution in [0.3, 0.4) is 0 Å². The average Bonchev–Trinajstić information content (AvgIpc) is 2.52. The van der Waals surface area contributed by atoms with E-state index in [4.69, 9.17) is 5.11 Å². The largest absolute Gasteiger partial charge is 0.480 e. The molecule has 1 aromatic rings. The monoisotopic (exact) mass is 304 g/mol. The van der Waals surface area contributed by atoms with Crippen molar-refractivity contribution >= 4 is 16.0 Å². The second kappa shape index (κ2) is 6.33. The summed E-state index contributed by atoms with van der Waals surface area (Å²) >= 11 is 0. The van der Waals surface area contributed by atoms with Gasteiger partial charge >= 0.3 is 5.97 Å². The van der Waals surface area contributed by atoms with Gasteiger partial charge in [0.1, 0.15) is 11.4 Å². The van der Waals surface area contributed by atoms with Gasteiger partial charge in [0.15, 0.2) is 0 Å². The Labute approximate surface area is 118 Å². The quantitative estimate of drug-likeness (QED) is 0.698. The van der Waals surface area contributed by atoms with Crippen molar-refractivity contribution in [1.82, 2.24) is 19.4 Å². The lowest BCUT2D eigenvalue weighted by Gasteiger charge is -2.11. The molecule has 0 aliphatic carbocycles. The van der Waals surface area contributed by atoms with E-state index < -0.39 is 16.0 Å². The molecule has 0 radical (unpaired) electrons. The van der Waals surface area contributed by atoms with Crippen molar-refractivity contribution in [2.45, 2.75) is 25.3 Å². The number of nitrogens with one attached hydrogen (secondary N) is 1. The van der Waals surface area contributed by atoms with Crippen LogP contribution in [0.2, 0.25) is 0 Å². The summed E-state index contributed by atoms with van der Waals surface area (Å²) in [4.78, 5) is 12.6. The van der Waals surface area contributed by atoms with Crippen LogP contribution in [0.15, 0.2) is 4.90 Å². The summed E-state index contributed by atoms with van der Waals surface area (Å²) in [6, 6.07) is 0. The molecule has 2 N–H and O–H groups in total. The molecule has 0 aromatic carbocycles. The number of likely N-dealkylation sites (N-methyl/N-ethyl adjacent to an activating group) is 1. The molecule has 114 valence electrons. The molecule has 0 bridgehead atoms. The Balaban J connectivity index is 3.00. The Morgan fingerprint density at radius 3 is 2.50 bits per heavy atom. The van der Waals surface area contributed by atoms with Crippen molar-refractivity contribution in [3.05, 3.63) is 11.4 Å². The Hall–Kier alpha value is -1.45. The van der Waals surface area contributed by atoms with Crippen LogP contribution in [0.4, 0.5) is 0 Å². The second-order valence-electron chi connectivity index (χ2n) is 4.75. The van der Waals surface area contributed by atoms with Gasteiger partial charge in [-0.3, -0.25) is 9.48 Å². The summed E-state index contributed by atoms with van der Waals surface area (Å²) in [7, 11) is 0.000707. The van der Waals surface area contributed by atoms with Gasteiger partial charge in [0.05, 0.1) is 11.4 Å². The minimum atomic E-state index is -3.69. The minimum Gasteiger partial charge on any atom is -0.480 e. The normalized spacial score (nSPS) is 12.1. The van der Waals surface area contributed by atoms with Gasteiger partial charge in [0, 0.05) is 13.1 Å². The first-order chi connectivity index (χ1) is 9.15. The molecule has 0 fully saturated rings. The summed E-state index contributed by atoms with van der Waals surface area (Å²) in [6.45, 7) is 3.58. The summed E-state index contributed by atoms with van der Waals surface area (Å²) in [5, 5.41) is 12.7. The van der Waals surface area contributed by atoms with E-state index in [1.54, 1.807) is 13.8 Å².